The van der Waals surface area contributed by atoms with Crippen LogP contribution in [-0.2, 0) is 4.79 Å². The van der Waals surface area contributed by atoms with Crippen molar-refractivity contribution < 1.29 is 14.3 Å². The van der Waals surface area contributed by atoms with Gasteiger partial charge in [0.25, 0.3) is 5.91 Å². The normalized spacial score (nSPS) is 16.4. The number of nitrogens with zero attached hydrogens (tertiary/aromatic N) is 3. The number of piperidine rings is 1. The van der Waals surface area contributed by atoms with Gasteiger partial charge >= 0.3 is 0 Å². The summed E-state index contributed by atoms with van der Waals surface area (Å²) in [7, 11) is 1.67. The molecule has 0 unspecified atom stereocenters. The number of carbonyl (C=O) groups excluding carboxylic acids is 2. The highest BCUT2D eigenvalue weighted by molar-refractivity contribution is 6.05. The van der Waals surface area contributed by atoms with E-state index in [9.17, 15) is 9.59 Å². The van der Waals surface area contributed by atoms with Crippen molar-refractivity contribution in [2.75, 3.05) is 38.6 Å². The molecule has 0 saturated carbocycles. The second-order valence-electron chi connectivity index (χ2n) is 10.7. The SMILES string of the molecule is COc1ccccc1-c1c[nH]c2ncc(-c3ccc(NC(C)=O)c(C(=O)N4CCC(N5CCCC5)CC4)c3)cc12. The molecule has 206 valence electrons. The van der Waals surface area contributed by atoms with E-state index >= 15 is 0 Å². The number of hydrogen-bond donors (Lipinski definition) is 2. The molecule has 8 nitrogen and oxygen atoms in total. The molecular weight excluding hydrogens is 502 g/mol. The molecule has 0 bridgehead atoms. The lowest BCUT2D eigenvalue weighted by Crippen LogP contribution is -2.46. The molecule has 2 saturated heterocycles. The zero-order valence-corrected chi connectivity index (χ0v) is 23.1. The number of amides is 2. The number of rotatable bonds is 6. The fraction of sp³-hybridized carbons (Fsp3) is 0.344. The monoisotopic (exact) mass is 537 g/mol. The quantitative estimate of drug-likeness (QED) is 0.336. The Hall–Kier alpha value is -4.17. The Morgan fingerprint density at radius 1 is 0.975 bits per heavy atom. The molecule has 2 amide bonds. The van der Waals surface area contributed by atoms with Gasteiger partial charge in [0, 0.05) is 60.5 Å². The molecule has 2 fully saturated rings. The average Bonchev–Trinajstić information content (AvgIpc) is 3.67. The summed E-state index contributed by atoms with van der Waals surface area (Å²) < 4.78 is 5.60. The summed E-state index contributed by atoms with van der Waals surface area (Å²) >= 11 is 0. The highest BCUT2D eigenvalue weighted by Crippen LogP contribution is 2.36. The molecule has 40 heavy (non-hydrogen) atoms. The fourth-order valence-corrected chi connectivity index (χ4v) is 6.16. The van der Waals surface area contributed by atoms with Gasteiger partial charge in [-0.2, -0.15) is 0 Å². The Labute approximate surface area is 234 Å². The van der Waals surface area contributed by atoms with Crippen molar-refractivity contribution in [3.05, 3.63) is 66.5 Å². The lowest BCUT2D eigenvalue weighted by molar-refractivity contribution is -0.114. The number of para-hydroxylation sites is 1. The van der Waals surface area contributed by atoms with Crippen molar-refractivity contribution in [3.63, 3.8) is 0 Å². The Balaban J connectivity index is 1.32. The molecule has 6 rings (SSSR count). The number of H-pyrrole nitrogens is 1. The Kier molecular flexibility index (Phi) is 7.26. The summed E-state index contributed by atoms with van der Waals surface area (Å²) in [5.74, 6) is 0.539. The highest BCUT2D eigenvalue weighted by Gasteiger charge is 2.29. The van der Waals surface area contributed by atoms with Crippen LogP contribution in [0.5, 0.6) is 5.75 Å². The molecule has 0 atom stereocenters. The number of pyridine rings is 1. The smallest absolute Gasteiger partial charge is 0.255 e. The van der Waals surface area contributed by atoms with Gasteiger partial charge in [-0.25, -0.2) is 4.98 Å². The van der Waals surface area contributed by atoms with Gasteiger partial charge in [0.1, 0.15) is 11.4 Å². The average molecular weight is 538 g/mol. The van der Waals surface area contributed by atoms with Crippen LogP contribution in [0.15, 0.2) is 60.9 Å². The van der Waals surface area contributed by atoms with E-state index in [2.05, 4.69) is 26.3 Å². The molecule has 0 radical (unpaired) electrons. The Morgan fingerprint density at radius 2 is 1.75 bits per heavy atom. The van der Waals surface area contributed by atoms with Crippen LogP contribution < -0.4 is 10.1 Å². The number of ether oxygens (including phenoxy) is 1. The first-order valence-corrected chi connectivity index (χ1v) is 14.1. The lowest BCUT2D eigenvalue weighted by Gasteiger charge is -2.37. The van der Waals surface area contributed by atoms with E-state index in [1.54, 1.807) is 7.11 Å². The number of nitrogens with one attached hydrogen (secondary N) is 2. The molecule has 2 N–H and O–H groups in total. The van der Waals surface area contributed by atoms with Crippen molar-refractivity contribution in [2.45, 2.75) is 38.6 Å². The molecule has 0 aliphatic carbocycles. The topological polar surface area (TPSA) is 90.6 Å². The summed E-state index contributed by atoms with van der Waals surface area (Å²) in [6.45, 7) is 5.26. The van der Waals surface area contributed by atoms with Crippen molar-refractivity contribution in [1.82, 2.24) is 19.8 Å². The van der Waals surface area contributed by atoms with Gasteiger partial charge in [0.05, 0.1) is 18.4 Å². The van der Waals surface area contributed by atoms with E-state index in [0.717, 1.165) is 65.0 Å². The summed E-state index contributed by atoms with van der Waals surface area (Å²) in [5.41, 5.74) is 5.54. The summed E-state index contributed by atoms with van der Waals surface area (Å²) in [6, 6.07) is 16.2. The van der Waals surface area contributed by atoms with Crippen LogP contribution in [0, 0.1) is 0 Å². The van der Waals surface area contributed by atoms with Crippen LogP contribution in [0.4, 0.5) is 5.69 Å². The van der Waals surface area contributed by atoms with Gasteiger partial charge in [-0.15, -0.1) is 0 Å². The zero-order chi connectivity index (χ0) is 27.6. The van der Waals surface area contributed by atoms with Crippen molar-refractivity contribution >= 4 is 28.5 Å². The third-order valence-electron chi connectivity index (χ3n) is 8.23. The van der Waals surface area contributed by atoms with Crippen LogP contribution in [0.3, 0.4) is 0 Å². The number of anilines is 1. The summed E-state index contributed by atoms with van der Waals surface area (Å²) in [4.78, 5) is 38.3. The first kappa shape index (κ1) is 26.1. The van der Waals surface area contributed by atoms with Crippen molar-refractivity contribution in [3.8, 4) is 28.0 Å². The predicted molar refractivity (Wildman–Crippen MR) is 158 cm³/mol. The number of aromatic amines is 1. The van der Waals surface area contributed by atoms with Gasteiger partial charge in [-0.05, 0) is 68.6 Å². The van der Waals surface area contributed by atoms with Crippen LogP contribution in [0.2, 0.25) is 0 Å². The van der Waals surface area contributed by atoms with Gasteiger partial charge in [-0.3, -0.25) is 9.59 Å². The maximum Gasteiger partial charge on any atom is 0.255 e. The van der Waals surface area contributed by atoms with E-state index in [1.807, 2.05) is 59.8 Å². The van der Waals surface area contributed by atoms with Gasteiger partial charge in [-0.1, -0.05) is 24.3 Å². The van der Waals surface area contributed by atoms with Crippen LogP contribution in [0.25, 0.3) is 33.3 Å². The number of methoxy groups -OCH3 is 1. The fourth-order valence-electron chi connectivity index (χ4n) is 6.16. The van der Waals surface area contributed by atoms with E-state index in [0.29, 0.717) is 17.3 Å². The maximum atomic E-state index is 13.8. The minimum atomic E-state index is -0.202. The van der Waals surface area contributed by atoms with Gasteiger partial charge in [0.2, 0.25) is 5.91 Å². The third kappa shape index (κ3) is 5.07. The molecule has 2 aliphatic rings. The molecular formula is C32H35N5O3. The molecule has 2 aromatic heterocycles. The van der Waals surface area contributed by atoms with Crippen molar-refractivity contribution in [1.29, 1.82) is 0 Å². The third-order valence-corrected chi connectivity index (χ3v) is 8.23. The van der Waals surface area contributed by atoms with Crippen LogP contribution in [0.1, 0.15) is 43.0 Å². The summed E-state index contributed by atoms with van der Waals surface area (Å²) in [5, 5.41) is 3.83. The highest BCUT2D eigenvalue weighted by atomic mass is 16.5. The van der Waals surface area contributed by atoms with E-state index < -0.39 is 0 Å². The standard InChI is InChI=1S/C32H35N5O3/c1-21(38)35-29-10-9-22(17-27(29)32(39)37-15-11-24(12-16-37)36-13-5-6-14-36)23-18-26-28(20-34-31(26)33-19-23)25-7-3-4-8-30(25)40-2/h3-4,7-10,17-20,24H,5-6,11-16H2,1-2H3,(H,33,34)(H,35,38). The predicted octanol–water partition coefficient (Wildman–Crippen LogP) is 5.56. The summed E-state index contributed by atoms with van der Waals surface area (Å²) in [6.07, 6.45) is 8.28. The second kappa shape index (κ2) is 11.1. The maximum absolute atomic E-state index is 13.8. The largest absolute Gasteiger partial charge is 0.496 e. The molecule has 0 spiro atoms. The van der Waals surface area contributed by atoms with Crippen LogP contribution in [-0.4, -0.2) is 70.9 Å². The number of carbonyl (C=O) groups is 2. The van der Waals surface area contributed by atoms with E-state index in [4.69, 9.17) is 4.74 Å². The molecule has 2 aliphatic heterocycles. The van der Waals surface area contributed by atoms with E-state index in [1.165, 1.54) is 32.9 Å². The van der Waals surface area contributed by atoms with Gasteiger partial charge < -0.3 is 24.8 Å². The van der Waals surface area contributed by atoms with E-state index in [-0.39, 0.29) is 11.8 Å². The minimum Gasteiger partial charge on any atom is -0.496 e. The minimum absolute atomic E-state index is 0.0455. The van der Waals surface area contributed by atoms with Gasteiger partial charge in [0.15, 0.2) is 0 Å². The second-order valence-corrected chi connectivity index (χ2v) is 10.7. The Bertz CT molecular complexity index is 1550. The number of hydrogen-bond acceptors (Lipinski definition) is 5. The number of benzene rings is 2. The first-order chi connectivity index (χ1) is 19.5. The Morgan fingerprint density at radius 3 is 2.50 bits per heavy atom. The molecule has 4 heterocycles. The molecule has 8 heteroatoms. The van der Waals surface area contributed by atoms with Crippen LogP contribution >= 0.6 is 0 Å². The number of fused-ring (bicyclic) bond motifs is 1. The van der Waals surface area contributed by atoms with Crippen molar-refractivity contribution in [2.24, 2.45) is 0 Å². The number of likely N-dealkylation sites (tertiary alicyclic amines) is 2. The zero-order valence-electron chi connectivity index (χ0n) is 23.1. The first-order valence-electron chi connectivity index (χ1n) is 14.1. The molecule has 2 aromatic carbocycles. The molecule has 4 aromatic rings. The lowest BCUT2D eigenvalue weighted by atomic mass is 9.98. The number of aromatic nitrogens is 2.